The summed E-state index contributed by atoms with van der Waals surface area (Å²) in [6.45, 7) is 3.27. The lowest BCUT2D eigenvalue weighted by atomic mass is 10.1. The van der Waals surface area contributed by atoms with Gasteiger partial charge in [-0.25, -0.2) is 0 Å². The Morgan fingerprint density at radius 1 is 1.54 bits per heavy atom. The van der Waals surface area contributed by atoms with Gasteiger partial charge >= 0.3 is 5.97 Å². The molecule has 0 aliphatic heterocycles. The molecule has 0 aromatic heterocycles. The third-order valence-corrected chi connectivity index (χ3v) is 2.08. The highest BCUT2D eigenvalue weighted by Crippen LogP contribution is 2.22. The SMILES string of the molecule is CC(=O)Oc1cccc(CCl)c1C. The highest BCUT2D eigenvalue weighted by atomic mass is 35.5. The van der Waals surface area contributed by atoms with E-state index < -0.39 is 0 Å². The van der Waals surface area contributed by atoms with Gasteiger partial charge in [0.15, 0.2) is 0 Å². The maximum Gasteiger partial charge on any atom is 0.308 e. The molecule has 0 amide bonds. The van der Waals surface area contributed by atoms with E-state index in [1.807, 2.05) is 19.1 Å². The van der Waals surface area contributed by atoms with E-state index >= 15 is 0 Å². The summed E-state index contributed by atoms with van der Waals surface area (Å²) >= 11 is 5.70. The van der Waals surface area contributed by atoms with Gasteiger partial charge in [-0.3, -0.25) is 4.79 Å². The van der Waals surface area contributed by atoms with Gasteiger partial charge in [-0.15, -0.1) is 11.6 Å². The Morgan fingerprint density at radius 3 is 2.77 bits per heavy atom. The van der Waals surface area contributed by atoms with Crippen LogP contribution in [0.3, 0.4) is 0 Å². The number of esters is 1. The lowest BCUT2D eigenvalue weighted by molar-refractivity contribution is -0.131. The standard InChI is InChI=1S/C10H11ClO2/c1-7-9(6-11)4-3-5-10(7)13-8(2)12/h3-5H,6H2,1-2H3. The number of halogens is 1. The predicted molar refractivity (Wildman–Crippen MR) is 52.0 cm³/mol. The maximum absolute atomic E-state index is 10.7. The van der Waals surface area contributed by atoms with Crippen LogP contribution in [0.5, 0.6) is 5.75 Å². The van der Waals surface area contributed by atoms with Gasteiger partial charge in [0.05, 0.1) is 0 Å². The monoisotopic (exact) mass is 198 g/mol. The van der Waals surface area contributed by atoms with Crippen LogP contribution in [-0.2, 0) is 10.7 Å². The molecule has 0 aliphatic rings. The number of hydrogen-bond donors (Lipinski definition) is 0. The van der Waals surface area contributed by atoms with E-state index in [9.17, 15) is 4.79 Å². The van der Waals surface area contributed by atoms with Gasteiger partial charge in [0.2, 0.25) is 0 Å². The van der Waals surface area contributed by atoms with Crippen LogP contribution in [0, 0.1) is 6.92 Å². The maximum atomic E-state index is 10.7. The van der Waals surface area contributed by atoms with Crippen molar-refractivity contribution in [2.45, 2.75) is 19.7 Å². The molecule has 0 bridgehead atoms. The molecule has 1 aromatic rings. The predicted octanol–water partition coefficient (Wildman–Crippen LogP) is 2.66. The van der Waals surface area contributed by atoms with Gasteiger partial charge in [-0.1, -0.05) is 12.1 Å². The van der Waals surface area contributed by atoms with Crippen molar-refractivity contribution in [3.05, 3.63) is 29.3 Å². The Labute approximate surface area is 82.5 Å². The van der Waals surface area contributed by atoms with E-state index in [1.165, 1.54) is 6.92 Å². The van der Waals surface area contributed by atoms with Crippen molar-refractivity contribution in [2.24, 2.45) is 0 Å². The van der Waals surface area contributed by atoms with Crippen LogP contribution in [0.4, 0.5) is 0 Å². The molecule has 13 heavy (non-hydrogen) atoms. The average Bonchev–Trinajstić information content (AvgIpc) is 2.08. The first-order valence-corrected chi connectivity index (χ1v) is 4.51. The number of carbonyl (C=O) groups excluding carboxylic acids is 1. The second-order valence-corrected chi connectivity index (χ2v) is 3.03. The molecule has 1 rings (SSSR count). The molecule has 3 heteroatoms. The van der Waals surface area contributed by atoms with Crippen molar-refractivity contribution in [3.8, 4) is 5.75 Å². The summed E-state index contributed by atoms with van der Waals surface area (Å²) < 4.78 is 4.99. The Kier molecular flexibility index (Phi) is 3.32. The summed E-state index contributed by atoms with van der Waals surface area (Å²) in [6.07, 6.45) is 0. The fourth-order valence-corrected chi connectivity index (χ4v) is 1.36. The number of ether oxygens (including phenoxy) is 1. The van der Waals surface area contributed by atoms with Crippen LogP contribution in [0.15, 0.2) is 18.2 Å². The number of alkyl halides is 1. The molecule has 70 valence electrons. The van der Waals surface area contributed by atoms with Crippen LogP contribution >= 0.6 is 11.6 Å². The second-order valence-electron chi connectivity index (χ2n) is 2.77. The minimum atomic E-state index is -0.310. The first kappa shape index (κ1) is 10.1. The molecule has 0 saturated heterocycles. The molecule has 0 radical (unpaired) electrons. The van der Waals surface area contributed by atoms with Crippen LogP contribution in [0.2, 0.25) is 0 Å². The molecule has 0 aliphatic carbocycles. The Hall–Kier alpha value is -1.02. The van der Waals surface area contributed by atoms with Crippen LogP contribution in [0.25, 0.3) is 0 Å². The summed E-state index contributed by atoms with van der Waals surface area (Å²) in [4.78, 5) is 10.7. The Balaban J connectivity index is 3.01. The van der Waals surface area contributed by atoms with E-state index in [-0.39, 0.29) is 5.97 Å². The fraction of sp³-hybridized carbons (Fsp3) is 0.300. The van der Waals surface area contributed by atoms with Gasteiger partial charge in [0, 0.05) is 12.8 Å². The fourth-order valence-electron chi connectivity index (χ4n) is 1.07. The molecule has 2 nitrogen and oxygen atoms in total. The van der Waals surface area contributed by atoms with Gasteiger partial charge in [-0.2, -0.15) is 0 Å². The average molecular weight is 199 g/mol. The van der Waals surface area contributed by atoms with Crippen LogP contribution in [-0.4, -0.2) is 5.97 Å². The highest BCUT2D eigenvalue weighted by Gasteiger charge is 2.05. The minimum absolute atomic E-state index is 0.310. The Bertz CT molecular complexity index is 321. The lowest BCUT2D eigenvalue weighted by Crippen LogP contribution is -2.03. The summed E-state index contributed by atoms with van der Waals surface area (Å²) in [5.41, 5.74) is 1.91. The molecule has 0 N–H and O–H groups in total. The first-order valence-electron chi connectivity index (χ1n) is 3.98. The smallest absolute Gasteiger partial charge is 0.308 e. The summed E-state index contributed by atoms with van der Waals surface area (Å²) in [6, 6.07) is 5.49. The normalized spacial score (nSPS) is 9.77. The Morgan fingerprint density at radius 2 is 2.23 bits per heavy atom. The van der Waals surface area contributed by atoms with Gasteiger partial charge in [0.25, 0.3) is 0 Å². The van der Waals surface area contributed by atoms with Gasteiger partial charge < -0.3 is 4.74 Å². The number of carbonyl (C=O) groups is 1. The van der Waals surface area contributed by atoms with Crippen molar-refractivity contribution >= 4 is 17.6 Å². The van der Waals surface area contributed by atoms with E-state index in [1.54, 1.807) is 6.07 Å². The third-order valence-electron chi connectivity index (χ3n) is 1.79. The zero-order valence-electron chi connectivity index (χ0n) is 7.63. The topological polar surface area (TPSA) is 26.3 Å². The molecule has 0 fully saturated rings. The van der Waals surface area contributed by atoms with E-state index in [0.717, 1.165) is 11.1 Å². The second kappa shape index (κ2) is 4.28. The van der Waals surface area contributed by atoms with E-state index in [0.29, 0.717) is 11.6 Å². The first-order chi connectivity index (χ1) is 6.15. The van der Waals surface area contributed by atoms with Crippen LogP contribution in [0.1, 0.15) is 18.1 Å². The molecule has 0 atom stereocenters. The van der Waals surface area contributed by atoms with Crippen molar-refractivity contribution in [1.82, 2.24) is 0 Å². The van der Waals surface area contributed by atoms with Crippen molar-refractivity contribution in [1.29, 1.82) is 0 Å². The highest BCUT2D eigenvalue weighted by molar-refractivity contribution is 6.17. The van der Waals surface area contributed by atoms with Gasteiger partial charge in [0.1, 0.15) is 5.75 Å². The van der Waals surface area contributed by atoms with E-state index in [4.69, 9.17) is 16.3 Å². The lowest BCUT2D eigenvalue weighted by Gasteiger charge is -2.07. The number of benzene rings is 1. The van der Waals surface area contributed by atoms with Gasteiger partial charge in [-0.05, 0) is 24.1 Å². The quantitative estimate of drug-likeness (QED) is 0.415. The van der Waals surface area contributed by atoms with Crippen molar-refractivity contribution < 1.29 is 9.53 Å². The third kappa shape index (κ3) is 2.46. The summed E-state index contributed by atoms with van der Waals surface area (Å²) in [5, 5.41) is 0. The van der Waals surface area contributed by atoms with Crippen molar-refractivity contribution in [2.75, 3.05) is 0 Å². The summed E-state index contributed by atoms with van der Waals surface area (Å²) in [5.74, 6) is 0.710. The minimum Gasteiger partial charge on any atom is -0.426 e. The molecule has 0 unspecified atom stereocenters. The molecule has 0 spiro atoms. The van der Waals surface area contributed by atoms with Crippen molar-refractivity contribution in [3.63, 3.8) is 0 Å². The molecule has 0 heterocycles. The molecule has 0 saturated carbocycles. The zero-order chi connectivity index (χ0) is 9.84. The van der Waals surface area contributed by atoms with Crippen LogP contribution < -0.4 is 4.74 Å². The number of rotatable bonds is 2. The number of hydrogen-bond acceptors (Lipinski definition) is 2. The summed E-state index contributed by atoms with van der Waals surface area (Å²) in [7, 11) is 0. The molecular weight excluding hydrogens is 188 g/mol. The molecule has 1 aromatic carbocycles. The largest absolute Gasteiger partial charge is 0.426 e. The zero-order valence-corrected chi connectivity index (χ0v) is 8.39. The van der Waals surface area contributed by atoms with E-state index in [2.05, 4.69) is 0 Å². The molecular formula is C10H11ClO2.